The Kier molecular flexibility index (Phi) is 4.99. The molecule has 1 aliphatic rings. The minimum atomic E-state index is -3.79. The molecule has 1 fully saturated rings. The normalized spacial score (nSPS) is 21.8. The molecule has 1 unspecified atom stereocenters. The van der Waals surface area contributed by atoms with E-state index in [-0.39, 0.29) is 18.0 Å². The molecule has 1 heterocycles. The van der Waals surface area contributed by atoms with E-state index in [4.69, 9.17) is 4.74 Å². The molecule has 1 atom stereocenters. The third-order valence-corrected chi connectivity index (χ3v) is 6.93. The molecule has 0 aliphatic carbocycles. The van der Waals surface area contributed by atoms with Gasteiger partial charge in [0, 0.05) is 5.33 Å². The Morgan fingerprint density at radius 1 is 1.12 bits per heavy atom. The van der Waals surface area contributed by atoms with Crippen LogP contribution >= 0.6 is 15.9 Å². The monoisotopic (exact) mass is 423 g/mol. The van der Waals surface area contributed by atoms with E-state index in [0.29, 0.717) is 5.33 Å². The van der Waals surface area contributed by atoms with Crippen LogP contribution in [0.4, 0.5) is 0 Å². The van der Waals surface area contributed by atoms with Crippen LogP contribution in [0.1, 0.15) is 11.1 Å². The first-order valence-corrected chi connectivity index (χ1v) is 10.3. The fourth-order valence-corrected chi connectivity index (χ4v) is 4.88. The molecule has 0 N–H and O–H groups in total. The van der Waals surface area contributed by atoms with E-state index in [9.17, 15) is 13.2 Å². The highest BCUT2D eigenvalue weighted by molar-refractivity contribution is 9.09. The zero-order valence-electron chi connectivity index (χ0n) is 13.7. The molecule has 132 valence electrons. The van der Waals surface area contributed by atoms with Gasteiger partial charge in [-0.05, 0) is 24.6 Å². The van der Waals surface area contributed by atoms with Crippen molar-refractivity contribution < 1.29 is 17.9 Å². The van der Waals surface area contributed by atoms with Gasteiger partial charge in [-0.1, -0.05) is 64.0 Å². The van der Waals surface area contributed by atoms with E-state index < -0.39 is 21.6 Å². The van der Waals surface area contributed by atoms with Gasteiger partial charge in [-0.15, -0.1) is 0 Å². The van der Waals surface area contributed by atoms with Crippen molar-refractivity contribution in [1.29, 1.82) is 0 Å². The number of esters is 1. The molecule has 7 heteroatoms. The number of rotatable bonds is 4. The molecule has 1 saturated heterocycles. The van der Waals surface area contributed by atoms with Gasteiger partial charge in [0.2, 0.25) is 10.0 Å². The van der Waals surface area contributed by atoms with Gasteiger partial charge in [0.25, 0.3) is 0 Å². The van der Waals surface area contributed by atoms with Crippen molar-refractivity contribution in [3.05, 3.63) is 65.7 Å². The molecule has 0 bridgehead atoms. The van der Waals surface area contributed by atoms with E-state index >= 15 is 0 Å². The van der Waals surface area contributed by atoms with Crippen LogP contribution in [-0.4, -0.2) is 37.1 Å². The maximum absolute atomic E-state index is 13.0. The van der Waals surface area contributed by atoms with Crippen molar-refractivity contribution in [3.8, 4) is 0 Å². The number of aryl methyl sites for hydroxylation is 1. The van der Waals surface area contributed by atoms with Crippen LogP contribution in [0.15, 0.2) is 59.5 Å². The van der Waals surface area contributed by atoms with Crippen molar-refractivity contribution in [2.45, 2.75) is 17.4 Å². The molecule has 2 aromatic rings. The average molecular weight is 424 g/mol. The molecule has 5 nitrogen and oxygen atoms in total. The van der Waals surface area contributed by atoms with Crippen LogP contribution in [0.2, 0.25) is 0 Å². The molecule has 0 amide bonds. The number of alkyl halides is 1. The summed E-state index contributed by atoms with van der Waals surface area (Å²) in [4.78, 5) is 12.4. The van der Waals surface area contributed by atoms with Gasteiger partial charge in [-0.25, -0.2) is 8.42 Å². The number of morpholine rings is 1. The van der Waals surface area contributed by atoms with Gasteiger partial charge < -0.3 is 4.74 Å². The summed E-state index contributed by atoms with van der Waals surface area (Å²) in [6.07, 6.45) is 0. The Morgan fingerprint density at radius 2 is 1.76 bits per heavy atom. The lowest BCUT2D eigenvalue weighted by atomic mass is 9.94. The summed E-state index contributed by atoms with van der Waals surface area (Å²) >= 11 is 3.39. The zero-order valence-corrected chi connectivity index (χ0v) is 16.1. The van der Waals surface area contributed by atoms with Crippen LogP contribution in [0.5, 0.6) is 0 Å². The second-order valence-corrected chi connectivity index (χ2v) is 8.55. The predicted octanol–water partition coefficient (Wildman–Crippen LogP) is 2.83. The number of carbonyl (C=O) groups is 1. The van der Waals surface area contributed by atoms with Crippen LogP contribution in [-0.2, 0) is 25.2 Å². The van der Waals surface area contributed by atoms with Crippen molar-refractivity contribution in [2.75, 3.05) is 18.4 Å². The largest absolute Gasteiger partial charge is 0.451 e. The highest BCUT2D eigenvalue weighted by atomic mass is 79.9. The SMILES string of the molecule is Cc1ccc(S(=O)(=O)N2CC(=O)OC(CBr)(c3ccccc3)C2)cc1. The maximum Gasteiger partial charge on any atom is 0.322 e. The molecular weight excluding hydrogens is 406 g/mol. The third kappa shape index (κ3) is 3.49. The standard InChI is InChI=1S/C18H18BrNO4S/c1-14-7-9-16(10-8-14)25(22,23)20-11-17(21)24-18(12-19,13-20)15-5-3-2-4-6-15/h2-10H,11-13H2,1H3. The second kappa shape index (κ2) is 6.90. The highest BCUT2D eigenvalue weighted by Gasteiger charge is 2.45. The molecule has 0 radical (unpaired) electrons. The Labute approximate surface area is 155 Å². The number of benzene rings is 2. The summed E-state index contributed by atoms with van der Waals surface area (Å²) < 4.78 is 32.8. The summed E-state index contributed by atoms with van der Waals surface area (Å²) in [6, 6.07) is 15.8. The molecule has 25 heavy (non-hydrogen) atoms. The first-order chi connectivity index (χ1) is 11.9. The summed E-state index contributed by atoms with van der Waals surface area (Å²) in [6.45, 7) is 1.65. The van der Waals surface area contributed by atoms with E-state index in [1.54, 1.807) is 24.3 Å². The highest BCUT2D eigenvalue weighted by Crippen LogP contribution is 2.34. The molecule has 1 aliphatic heterocycles. The lowest BCUT2D eigenvalue weighted by Crippen LogP contribution is -2.54. The molecular formula is C18H18BrNO4S. The number of hydrogen-bond acceptors (Lipinski definition) is 4. The predicted molar refractivity (Wildman–Crippen MR) is 97.9 cm³/mol. The van der Waals surface area contributed by atoms with E-state index in [2.05, 4.69) is 15.9 Å². The Balaban J connectivity index is 2.00. The van der Waals surface area contributed by atoms with Gasteiger partial charge in [-0.2, -0.15) is 4.31 Å². The second-order valence-electron chi connectivity index (χ2n) is 6.05. The van der Waals surface area contributed by atoms with Crippen LogP contribution in [0.25, 0.3) is 0 Å². The fraction of sp³-hybridized carbons (Fsp3) is 0.278. The number of carbonyl (C=O) groups excluding carboxylic acids is 1. The molecule has 2 aromatic carbocycles. The number of cyclic esters (lactones) is 1. The maximum atomic E-state index is 13.0. The van der Waals surface area contributed by atoms with Crippen LogP contribution in [0, 0.1) is 6.92 Å². The Bertz CT molecular complexity index is 868. The molecule has 0 saturated carbocycles. The summed E-state index contributed by atoms with van der Waals surface area (Å²) in [5, 5.41) is 0.301. The van der Waals surface area contributed by atoms with Gasteiger partial charge in [0.05, 0.1) is 11.4 Å². The van der Waals surface area contributed by atoms with Gasteiger partial charge in [-0.3, -0.25) is 4.79 Å². The smallest absolute Gasteiger partial charge is 0.322 e. The zero-order chi connectivity index (χ0) is 18.1. The average Bonchev–Trinajstić information content (AvgIpc) is 2.62. The first kappa shape index (κ1) is 18.1. The minimum absolute atomic E-state index is 0.0597. The van der Waals surface area contributed by atoms with E-state index in [0.717, 1.165) is 11.1 Å². The van der Waals surface area contributed by atoms with Crippen molar-refractivity contribution >= 4 is 31.9 Å². The van der Waals surface area contributed by atoms with Crippen molar-refractivity contribution in [3.63, 3.8) is 0 Å². The Hall–Kier alpha value is -1.70. The summed E-state index contributed by atoms with van der Waals surface area (Å²) in [5.41, 5.74) is 0.675. The molecule has 0 spiro atoms. The van der Waals surface area contributed by atoms with Crippen LogP contribution in [0.3, 0.4) is 0 Å². The number of halogens is 1. The van der Waals surface area contributed by atoms with Crippen LogP contribution < -0.4 is 0 Å². The van der Waals surface area contributed by atoms with Gasteiger partial charge in [0.15, 0.2) is 5.60 Å². The van der Waals surface area contributed by atoms with E-state index in [1.807, 2.05) is 37.3 Å². The van der Waals surface area contributed by atoms with E-state index in [1.165, 1.54) is 4.31 Å². The number of ether oxygens (including phenoxy) is 1. The number of sulfonamides is 1. The minimum Gasteiger partial charge on any atom is -0.451 e. The molecule has 3 rings (SSSR count). The topological polar surface area (TPSA) is 63.7 Å². The van der Waals surface area contributed by atoms with Gasteiger partial charge in [0.1, 0.15) is 6.54 Å². The Morgan fingerprint density at radius 3 is 2.36 bits per heavy atom. The lowest BCUT2D eigenvalue weighted by Gasteiger charge is -2.40. The summed E-state index contributed by atoms with van der Waals surface area (Å²) in [5.74, 6) is -0.565. The van der Waals surface area contributed by atoms with Crippen molar-refractivity contribution in [1.82, 2.24) is 4.31 Å². The third-order valence-electron chi connectivity index (χ3n) is 4.22. The van der Waals surface area contributed by atoms with Gasteiger partial charge >= 0.3 is 5.97 Å². The fourth-order valence-electron chi connectivity index (χ4n) is 2.84. The first-order valence-electron chi connectivity index (χ1n) is 7.77. The van der Waals surface area contributed by atoms with Crippen molar-refractivity contribution in [2.24, 2.45) is 0 Å². The molecule has 0 aromatic heterocycles. The summed E-state index contributed by atoms with van der Waals surface area (Å²) in [7, 11) is -3.79. The number of hydrogen-bond donors (Lipinski definition) is 0. The lowest BCUT2D eigenvalue weighted by molar-refractivity contribution is -0.167. The number of nitrogens with zero attached hydrogens (tertiary/aromatic N) is 1. The quantitative estimate of drug-likeness (QED) is 0.560.